The van der Waals surface area contributed by atoms with Crippen LogP contribution in [0.25, 0.3) is 5.70 Å². The second kappa shape index (κ2) is 6.68. The number of benzene rings is 1. The zero-order valence-electron chi connectivity index (χ0n) is 13.0. The van der Waals surface area contributed by atoms with Crippen LogP contribution in [-0.2, 0) is 4.79 Å². The van der Waals surface area contributed by atoms with Crippen molar-refractivity contribution in [3.8, 4) is 0 Å². The van der Waals surface area contributed by atoms with Crippen LogP contribution < -0.4 is 15.9 Å². The summed E-state index contributed by atoms with van der Waals surface area (Å²) in [6.45, 7) is 3.70. The molecular formula is C17H13IN4O2S. The van der Waals surface area contributed by atoms with E-state index in [4.69, 9.17) is 9.41 Å². The topological polar surface area (TPSA) is 70.2 Å². The van der Waals surface area contributed by atoms with Gasteiger partial charge in [-0.05, 0) is 40.8 Å². The standard InChI is InChI=1S/C17H13IN4O2S/c1-2-9-25-17-20-16(23)14-10-5-3-4-6-11(10)19-15(22(14)21-17)12-7-8-13(18)24-12/h2-8,15H,1,9H2,(H,20,21,23)/t15-/m0/s1. The average Bonchev–Trinajstić information content (AvgIpc) is 3.05. The third-order valence-corrected chi connectivity index (χ3v) is 5.14. The lowest BCUT2D eigenvalue weighted by atomic mass is 10.1. The molecule has 0 aliphatic carbocycles. The molecule has 1 aromatic carbocycles. The number of carbonyl (C=O) groups excluding carboxylic acids is 1. The molecule has 1 amide bonds. The highest BCUT2D eigenvalue weighted by Gasteiger charge is 2.35. The van der Waals surface area contributed by atoms with Crippen LogP contribution in [0, 0.1) is 3.77 Å². The average molecular weight is 464 g/mol. The molecule has 0 spiro atoms. The van der Waals surface area contributed by atoms with Gasteiger partial charge >= 0.3 is 0 Å². The smallest absolute Gasteiger partial charge is 0.276 e. The number of thioether (sulfide) groups is 1. The van der Waals surface area contributed by atoms with Crippen molar-refractivity contribution in [3.05, 3.63) is 69.2 Å². The van der Waals surface area contributed by atoms with Crippen LogP contribution in [0.2, 0.25) is 0 Å². The van der Waals surface area contributed by atoms with E-state index >= 15 is 0 Å². The Hall–Kier alpha value is -2.07. The fourth-order valence-electron chi connectivity index (χ4n) is 2.68. The lowest BCUT2D eigenvalue weighted by Gasteiger charge is -2.32. The normalized spacial score (nSPS) is 18.7. The van der Waals surface area contributed by atoms with Crippen molar-refractivity contribution in [2.24, 2.45) is 10.1 Å². The van der Waals surface area contributed by atoms with E-state index < -0.39 is 6.17 Å². The number of furan rings is 1. The predicted octanol–water partition coefficient (Wildman–Crippen LogP) is 1.95. The van der Waals surface area contributed by atoms with Crippen LogP contribution >= 0.6 is 34.4 Å². The molecule has 0 fully saturated rings. The quantitative estimate of drug-likeness (QED) is 0.557. The second-order valence-electron chi connectivity index (χ2n) is 5.31. The monoisotopic (exact) mass is 464 g/mol. The molecule has 25 heavy (non-hydrogen) atoms. The Morgan fingerprint density at radius 2 is 2.20 bits per heavy atom. The van der Waals surface area contributed by atoms with E-state index in [0.29, 0.717) is 22.4 Å². The summed E-state index contributed by atoms with van der Waals surface area (Å²) in [4.78, 5) is 17.5. The molecule has 0 unspecified atom stereocenters. The molecule has 1 aromatic heterocycles. The molecule has 3 heterocycles. The van der Waals surface area contributed by atoms with E-state index in [1.54, 1.807) is 11.1 Å². The summed E-state index contributed by atoms with van der Waals surface area (Å²) in [6.07, 6.45) is 1.25. The summed E-state index contributed by atoms with van der Waals surface area (Å²) >= 11 is 3.52. The van der Waals surface area contributed by atoms with Crippen molar-refractivity contribution in [1.29, 1.82) is 0 Å². The van der Waals surface area contributed by atoms with Gasteiger partial charge in [0.15, 0.2) is 14.7 Å². The fraction of sp³-hybridized carbons (Fsp3) is 0.118. The first-order valence-corrected chi connectivity index (χ1v) is 9.59. The summed E-state index contributed by atoms with van der Waals surface area (Å²) in [5.74, 6) is 1.09. The third-order valence-electron chi connectivity index (χ3n) is 3.70. The number of rotatable bonds is 3. The highest BCUT2D eigenvalue weighted by molar-refractivity contribution is 14.1. The number of hydrazone groups is 1. The Bertz CT molecular complexity index is 1010. The molecular weight excluding hydrogens is 451 g/mol. The van der Waals surface area contributed by atoms with E-state index in [0.717, 1.165) is 14.3 Å². The van der Waals surface area contributed by atoms with E-state index in [-0.39, 0.29) is 5.91 Å². The summed E-state index contributed by atoms with van der Waals surface area (Å²) in [5.41, 5.74) is 0.477. The summed E-state index contributed by atoms with van der Waals surface area (Å²) in [7, 11) is 0. The molecule has 0 saturated carbocycles. The minimum atomic E-state index is -0.515. The van der Waals surface area contributed by atoms with Crippen molar-refractivity contribution in [1.82, 2.24) is 10.3 Å². The highest BCUT2D eigenvalue weighted by Crippen LogP contribution is 2.31. The molecule has 4 rings (SSSR count). The van der Waals surface area contributed by atoms with Gasteiger partial charge in [0.1, 0.15) is 5.70 Å². The van der Waals surface area contributed by atoms with E-state index in [2.05, 4.69) is 39.6 Å². The number of amides is 1. The largest absolute Gasteiger partial charge is 0.451 e. The number of amidine groups is 1. The Morgan fingerprint density at radius 3 is 2.96 bits per heavy atom. The maximum atomic E-state index is 12.8. The maximum absolute atomic E-state index is 12.8. The minimum Gasteiger partial charge on any atom is -0.451 e. The van der Waals surface area contributed by atoms with Gasteiger partial charge in [0.05, 0.1) is 5.36 Å². The number of para-hydroxylation sites is 1. The van der Waals surface area contributed by atoms with Gasteiger partial charge in [-0.25, -0.2) is 10.0 Å². The molecule has 2 aliphatic heterocycles. The second-order valence-corrected chi connectivity index (χ2v) is 7.39. The Balaban J connectivity index is 1.91. The van der Waals surface area contributed by atoms with Gasteiger partial charge < -0.3 is 4.42 Å². The van der Waals surface area contributed by atoms with Crippen molar-refractivity contribution in [2.75, 3.05) is 5.75 Å². The number of nitrogens with one attached hydrogen (secondary N) is 1. The molecule has 126 valence electrons. The first-order valence-electron chi connectivity index (χ1n) is 7.52. The van der Waals surface area contributed by atoms with E-state index in [1.807, 2.05) is 36.4 Å². The summed E-state index contributed by atoms with van der Waals surface area (Å²) < 4.78 is 6.51. The maximum Gasteiger partial charge on any atom is 0.276 e. The minimum absolute atomic E-state index is 0.199. The molecule has 8 heteroatoms. The van der Waals surface area contributed by atoms with Crippen LogP contribution in [0.15, 0.2) is 63.6 Å². The SMILES string of the molecule is C=CCSC1=NN2C(=c3ccccc3=N[C@@H]2c2ccc(I)o2)C(=O)N1. The van der Waals surface area contributed by atoms with E-state index in [1.165, 1.54) is 11.8 Å². The zero-order valence-corrected chi connectivity index (χ0v) is 16.0. The Morgan fingerprint density at radius 1 is 1.36 bits per heavy atom. The van der Waals surface area contributed by atoms with Crippen LogP contribution in [0.5, 0.6) is 0 Å². The van der Waals surface area contributed by atoms with Gasteiger partial charge in [-0.3, -0.25) is 10.1 Å². The summed E-state index contributed by atoms with van der Waals surface area (Å²) in [6, 6.07) is 11.3. The van der Waals surface area contributed by atoms with Crippen molar-refractivity contribution in [2.45, 2.75) is 6.17 Å². The molecule has 1 N–H and O–H groups in total. The lowest BCUT2D eigenvalue weighted by Crippen LogP contribution is -2.50. The number of hydrogen-bond acceptors (Lipinski definition) is 6. The molecule has 0 saturated heterocycles. The number of fused-ring (bicyclic) bond motifs is 2. The zero-order chi connectivity index (χ0) is 17.4. The lowest BCUT2D eigenvalue weighted by molar-refractivity contribution is -0.116. The highest BCUT2D eigenvalue weighted by atomic mass is 127. The number of halogens is 1. The van der Waals surface area contributed by atoms with Gasteiger partial charge in [-0.1, -0.05) is 36.0 Å². The predicted molar refractivity (Wildman–Crippen MR) is 105 cm³/mol. The van der Waals surface area contributed by atoms with Crippen LogP contribution in [0.4, 0.5) is 0 Å². The fourth-order valence-corrected chi connectivity index (χ4v) is 3.70. The Labute approximate surface area is 161 Å². The van der Waals surface area contributed by atoms with Crippen molar-refractivity contribution >= 4 is 51.1 Å². The molecule has 2 aliphatic rings. The van der Waals surface area contributed by atoms with Crippen LogP contribution in [0.3, 0.4) is 0 Å². The molecule has 1 atom stereocenters. The van der Waals surface area contributed by atoms with Gasteiger partial charge in [0, 0.05) is 11.0 Å². The number of carbonyl (C=O) groups is 1. The third kappa shape index (κ3) is 2.99. The van der Waals surface area contributed by atoms with Gasteiger partial charge in [0.25, 0.3) is 5.91 Å². The summed E-state index contributed by atoms with van der Waals surface area (Å²) in [5, 5.41) is 11.1. The molecule has 2 aromatic rings. The first-order chi connectivity index (χ1) is 12.2. The molecule has 0 bridgehead atoms. The molecule has 6 nitrogen and oxygen atoms in total. The Kier molecular flexibility index (Phi) is 4.38. The van der Waals surface area contributed by atoms with Crippen LogP contribution in [-0.4, -0.2) is 21.8 Å². The van der Waals surface area contributed by atoms with Crippen molar-refractivity contribution < 1.29 is 9.21 Å². The van der Waals surface area contributed by atoms with Crippen LogP contribution in [0.1, 0.15) is 11.9 Å². The first kappa shape index (κ1) is 16.4. The van der Waals surface area contributed by atoms with Gasteiger partial charge in [-0.15, -0.1) is 11.7 Å². The number of hydrogen-bond donors (Lipinski definition) is 1. The van der Waals surface area contributed by atoms with E-state index in [9.17, 15) is 4.79 Å². The number of nitrogens with zero attached hydrogens (tertiary/aromatic N) is 3. The van der Waals surface area contributed by atoms with Gasteiger partial charge in [-0.2, -0.15) is 0 Å². The molecule has 0 radical (unpaired) electrons. The van der Waals surface area contributed by atoms with Crippen molar-refractivity contribution in [3.63, 3.8) is 0 Å². The van der Waals surface area contributed by atoms with Gasteiger partial charge in [0.2, 0.25) is 6.17 Å².